The summed E-state index contributed by atoms with van der Waals surface area (Å²) in [5, 5.41) is 18.4. The highest BCUT2D eigenvalue weighted by molar-refractivity contribution is 5.66. The average Bonchev–Trinajstić information content (AvgIpc) is 3.07. The predicted molar refractivity (Wildman–Crippen MR) is 116 cm³/mol. The highest BCUT2D eigenvalue weighted by Gasteiger charge is 2.13. The van der Waals surface area contributed by atoms with Gasteiger partial charge in [-0.05, 0) is 56.0 Å². The third-order valence-corrected chi connectivity index (χ3v) is 5.10. The number of carboxylic acids is 1. The Bertz CT molecular complexity index is 979. The molecular formula is C24H28N2O4. The largest absolute Gasteiger partial charge is 0.508 e. The summed E-state index contributed by atoms with van der Waals surface area (Å²) in [5.41, 5.74) is 3.03. The predicted octanol–water partition coefficient (Wildman–Crippen LogP) is 4.88. The molecule has 0 saturated heterocycles. The smallest absolute Gasteiger partial charge is 0.303 e. The number of benzene rings is 2. The van der Waals surface area contributed by atoms with Gasteiger partial charge in [0.25, 0.3) is 0 Å². The second-order valence-electron chi connectivity index (χ2n) is 7.66. The lowest BCUT2D eigenvalue weighted by molar-refractivity contribution is -0.138. The molecule has 0 spiro atoms. The molecule has 0 saturated carbocycles. The van der Waals surface area contributed by atoms with Crippen molar-refractivity contribution in [2.24, 2.45) is 5.92 Å². The number of ether oxygens (including phenoxy) is 1. The van der Waals surface area contributed by atoms with Gasteiger partial charge in [0.1, 0.15) is 17.3 Å². The van der Waals surface area contributed by atoms with E-state index in [2.05, 4.69) is 9.55 Å². The van der Waals surface area contributed by atoms with Crippen molar-refractivity contribution >= 4 is 5.97 Å². The molecule has 0 aliphatic rings. The minimum Gasteiger partial charge on any atom is -0.508 e. The zero-order chi connectivity index (χ0) is 21.5. The maximum absolute atomic E-state index is 10.8. The quantitative estimate of drug-likeness (QED) is 0.467. The fourth-order valence-corrected chi connectivity index (χ4v) is 3.46. The summed E-state index contributed by atoms with van der Waals surface area (Å²) in [4.78, 5) is 15.3. The number of aromatic nitrogens is 2. The Labute approximate surface area is 176 Å². The number of hydrogen-bond acceptors (Lipinski definition) is 4. The summed E-state index contributed by atoms with van der Waals surface area (Å²) in [6, 6.07) is 15.0. The molecule has 2 aromatic carbocycles. The first kappa shape index (κ1) is 21.4. The van der Waals surface area contributed by atoms with Gasteiger partial charge in [-0.1, -0.05) is 25.1 Å². The van der Waals surface area contributed by atoms with Crippen LogP contribution in [0.15, 0.2) is 54.7 Å². The number of para-hydroxylation sites is 1. The molecule has 158 valence electrons. The zero-order valence-electron chi connectivity index (χ0n) is 17.4. The summed E-state index contributed by atoms with van der Waals surface area (Å²) in [6.07, 6.45) is 3.66. The maximum atomic E-state index is 10.8. The highest BCUT2D eigenvalue weighted by atomic mass is 16.5. The van der Waals surface area contributed by atoms with E-state index in [0.29, 0.717) is 13.2 Å². The standard InChI is InChI=1S/C24H28N2O4/c1-17(14-23(28)29)6-5-13-30-22-8-4-3-7-20(22)16-26-18(2)15-25-24(26)19-9-11-21(27)12-10-19/h3-4,7-12,15,17,27H,5-6,13-14,16H2,1-2H3,(H,28,29). The van der Waals surface area contributed by atoms with Crippen molar-refractivity contribution in [3.8, 4) is 22.9 Å². The van der Waals surface area contributed by atoms with Crippen LogP contribution in [0.25, 0.3) is 11.4 Å². The Morgan fingerprint density at radius 2 is 1.90 bits per heavy atom. The molecule has 1 unspecified atom stereocenters. The molecule has 0 aliphatic heterocycles. The van der Waals surface area contributed by atoms with Crippen LogP contribution in [0.2, 0.25) is 0 Å². The van der Waals surface area contributed by atoms with Gasteiger partial charge in [-0.3, -0.25) is 4.79 Å². The molecule has 0 fully saturated rings. The van der Waals surface area contributed by atoms with Crippen LogP contribution >= 0.6 is 0 Å². The van der Waals surface area contributed by atoms with Gasteiger partial charge in [-0.25, -0.2) is 4.98 Å². The first-order valence-corrected chi connectivity index (χ1v) is 10.2. The molecule has 2 N–H and O–H groups in total. The molecule has 1 heterocycles. The number of aryl methyl sites for hydroxylation is 1. The number of rotatable bonds is 10. The van der Waals surface area contributed by atoms with Crippen molar-refractivity contribution in [2.75, 3.05) is 6.61 Å². The van der Waals surface area contributed by atoms with Gasteiger partial charge in [0.2, 0.25) is 0 Å². The third kappa shape index (κ3) is 5.63. The SMILES string of the molecule is Cc1cnc(-c2ccc(O)cc2)n1Cc1ccccc1OCCCC(C)CC(=O)O. The number of aliphatic carboxylic acids is 1. The molecular weight excluding hydrogens is 380 g/mol. The first-order chi connectivity index (χ1) is 14.4. The molecule has 0 amide bonds. The van der Waals surface area contributed by atoms with E-state index in [4.69, 9.17) is 9.84 Å². The minimum absolute atomic E-state index is 0.141. The molecule has 1 atom stereocenters. The van der Waals surface area contributed by atoms with Crippen molar-refractivity contribution in [1.29, 1.82) is 0 Å². The van der Waals surface area contributed by atoms with Crippen LogP contribution in [0.3, 0.4) is 0 Å². The highest BCUT2D eigenvalue weighted by Crippen LogP contribution is 2.26. The van der Waals surface area contributed by atoms with Crippen molar-refractivity contribution in [2.45, 2.75) is 39.7 Å². The van der Waals surface area contributed by atoms with E-state index in [1.54, 1.807) is 12.1 Å². The van der Waals surface area contributed by atoms with Crippen molar-refractivity contribution < 1.29 is 19.7 Å². The van der Waals surface area contributed by atoms with Gasteiger partial charge in [0.05, 0.1) is 13.2 Å². The Morgan fingerprint density at radius 1 is 1.17 bits per heavy atom. The molecule has 0 aliphatic carbocycles. The van der Waals surface area contributed by atoms with E-state index in [1.807, 2.05) is 56.4 Å². The number of phenols is 1. The van der Waals surface area contributed by atoms with E-state index in [1.165, 1.54) is 0 Å². The van der Waals surface area contributed by atoms with E-state index in [9.17, 15) is 9.90 Å². The van der Waals surface area contributed by atoms with Crippen LogP contribution in [0, 0.1) is 12.8 Å². The number of carboxylic acid groups (broad SMARTS) is 1. The lowest BCUT2D eigenvalue weighted by Crippen LogP contribution is -2.09. The van der Waals surface area contributed by atoms with Gasteiger partial charge in [-0.2, -0.15) is 0 Å². The monoisotopic (exact) mass is 408 g/mol. The van der Waals surface area contributed by atoms with Crippen LogP contribution in [0.4, 0.5) is 0 Å². The lowest BCUT2D eigenvalue weighted by Gasteiger charge is -2.15. The molecule has 1 aromatic heterocycles. The minimum atomic E-state index is -0.756. The zero-order valence-corrected chi connectivity index (χ0v) is 17.4. The van der Waals surface area contributed by atoms with Gasteiger partial charge >= 0.3 is 5.97 Å². The molecule has 30 heavy (non-hydrogen) atoms. The van der Waals surface area contributed by atoms with Gasteiger partial charge < -0.3 is 19.5 Å². The van der Waals surface area contributed by atoms with Gasteiger partial charge in [-0.15, -0.1) is 0 Å². The van der Waals surface area contributed by atoms with Crippen LogP contribution in [0.5, 0.6) is 11.5 Å². The van der Waals surface area contributed by atoms with Crippen molar-refractivity contribution in [3.63, 3.8) is 0 Å². The van der Waals surface area contributed by atoms with Crippen LogP contribution < -0.4 is 4.74 Å². The van der Waals surface area contributed by atoms with Gasteiger partial charge in [0, 0.05) is 29.4 Å². The average molecular weight is 408 g/mol. The fraction of sp³-hybridized carbons (Fsp3) is 0.333. The van der Waals surface area contributed by atoms with Crippen LogP contribution in [-0.2, 0) is 11.3 Å². The molecule has 0 bridgehead atoms. The first-order valence-electron chi connectivity index (χ1n) is 10.2. The van der Waals surface area contributed by atoms with Crippen molar-refractivity contribution in [3.05, 3.63) is 66.0 Å². The van der Waals surface area contributed by atoms with Crippen LogP contribution in [-0.4, -0.2) is 32.3 Å². The molecule has 3 aromatic rings. The molecule has 6 heteroatoms. The van der Waals surface area contributed by atoms with E-state index in [0.717, 1.165) is 41.2 Å². The molecule has 3 rings (SSSR count). The topological polar surface area (TPSA) is 84.6 Å². The molecule has 6 nitrogen and oxygen atoms in total. The number of imidazole rings is 1. The Hall–Kier alpha value is -3.28. The normalized spacial score (nSPS) is 11.9. The number of nitrogens with zero attached hydrogens (tertiary/aromatic N) is 2. The van der Waals surface area contributed by atoms with E-state index >= 15 is 0 Å². The number of carbonyl (C=O) groups is 1. The summed E-state index contributed by atoms with van der Waals surface area (Å²) < 4.78 is 8.16. The summed E-state index contributed by atoms with van der Waals surface area (Å²) in [5.74, 6) is 1.28. The lowest BCUT2D eigenvalue weighted by atomic mass is 10.0. The number of hydrogen-bond donors (Lipinski definition) is 2. The van der Waals surface area contributed by atoms with E-state index in [-0.39, 0.29) is 18.1 Å². The maximum Gasteiger partial charge on any atom is 0.303 e. The Kier molecular flexibility index (Phi) is 7.12. The Balaban J connectivity index is 1.69. The number of phenolic OH excluding ortho intramolecular Hbond substituents is 1. The fourth-order valence-electron chi connectivity index (χ4n) is 3.46. The third-order valence-electron chi connectivity index (χ3n) is 5.10. The second-order valence-corrected chi connectivity index (χ2v) is 7.66. The second kappa shape index (κ2) is 9.96. The van der Waals surface area contributed by atoms with E-state index < -0.39 is 5.97 Å². The van der Waals surface area contributed by atoms with Gasteiger partial charge in [0.15, 0.2) is 0 Å². The van der Waals surface area contributed by atoms with Crippen molar-refractivity contribution in [1.82, 2.24) is 9.55 Å². The molecule has 0 radical (unpaired) electrons. The Morgan fingerprint density at radius 3 is 2.63 bits per heavy atom. The summed E-state index contributed by atoms with van der Waals surface area (Å²) in [7, 11) is 0. The summed E-state index contributed by atoms with van der Waals surface area (Å²) in [6.45, 7) is 5.14. The van der Waals surface area contributed by atoms with Crippen LogP contribution in [0.1, 0.15) is 37.4 Å². The number of aromatic hydroxyl groups is 1. The summed E-state index contributed by atoms with van der Waals surface area (Å²) >= 11 is 0.